The third-order valence-electron chi connectivity index (χ3n) is 3.46. The van der Waals surface area contributed by atoms with Gasteiger partial charge >= 0.3 is 0 Å². The molecule has 2 aromatic rings. The molecule has 1 N–H and O–H groups in total. The van der Waals surface area contributed by atoms with Crippen LogP contribution in [0.1, 0.15) is 31.9 Å². The zero-order valence-electron chi connectivity index (χ0n) is 13.9. The molecule has 0 spiro atoms. The molecule has 0 aromatic heterocycles. The Bertz CT molecular complexity index is 658. The molecular weight excluding hydrogens is 326 g/mol. The van der Waals surface area contributed by atoms with Gasteiger partial charge in [-0.2, -0.15) is 0 Å². The average molecular weight is 348 g/mol. The van der Waals surface area contributed by atoms with E-state index in [0.29, 0.717) is 24.0 Å². The minimum Gasteiger partial charge on any atom is -0.494 e. The zero-order valence-corrected chi connectivity index (χ0v) is 14.7. The fraction of sp³-hybridized carbons (Fsp3) is 0.316. The summed E-state index contributed by atoms with van der Waals surface area (Å²) in [6, 6.07) is 14.8. The van der Waals surface area contributed by atoms with Crippen LogP contribution < -0.4 is 14.8 Å². The lowest BCUT2D eigenvalue weighted by molar-refractivity contribution is -0.122. The van der Waals surface area contributed by atoms with Crippen LogP contribution in [0.15, 0.2) is 48.5 Å². The normalized spacial score (nSPS) is 11.6. The summed E-state index contributed by atoms with van der Waals surface area (Å²) < 4.78 is 10.9. The van der Waals surface area contributed by atoms with E-state index in [9.17, 15) is 4.79 Å². The monoisotopic (exact) mass is 347 g/mol. The molecule has 0 radical (unpaired) electrons. The predicted octanol–water partition coefficient (Wildman–Crippen LogP) is 4.39. The molecule has 0 aliphatic carbocycles. The maximum atomic E-state index is 12.0. The van der Waals surface area contributed by atoms with Crippen LogP contribution in [0.25, 0.3) is 0 Å². The maximum Gasteiger partial charge on any atom is 0.223 e. The van der Waals surface area contributed by atoms with E-state index in [1.54, 1.807) is 12.1 Å². The Morgan fingerprint density at radius 1 is 1.12 bits per heavy atom. The first-order chi connectivity index (χ1) is 11.6. The molecule has 1 atom stereocenters. The Morgan fingerprint density at radius 2 is 1.88 bits per heavy atom. The second kappa shape index (κ2) is 9.18. The van der Waals surface area contributed by atoms with E-state index >= 15 is 0 Å². The molecule has 24 heavy (non-hydrogen) atoms. The molecule has 0 saturated heterocycles. The molecule has 0 aliphatic rings. The number of carbonyl (C=O) groups is 1. The Kier molecular flexibility index (Phi) is 6.94. The van der Waals surface area contributed by atoms with Gasteiger partial charge in [-0.25, -0.2) is 0 Å². The summed E-state index contributed by atoms with van der Waals surface area (Å²) in [4.78, 5) is 12.0. The predicted molar refractivity (Wildman–Crippen MR) is 95.7 cm³/mol. The first-order valence-electron chi connectivity index (χ1n) is 7.99. The molecule has 0 aliphatic heterocycles. The number of rotatable bonds is 8. The quantitative estimate of drug-likeness (QED) is 0.770. The van der Waals surface area contributed by atoms with Crippen molar-refractivity contribution in [1.82, 2.24) is 5.32 Å². The van der Waals surface area contributed by atoms with Gasteiger partial charge in [0.05, 0.1) is 25.7 Å². The van der Waals surface area contributed by atoms with E-state index in [1.165, 1.54) is 0 Å². The third-order valence-corrected chi connectivity index (χ3v) is 3.70. The Morgan fingerprint density at radius 3 is 2.54 bits per heavy atom. The van der Waals surface area contributed by atoms with Crippen molar-refractivity contribution in [3.63, 3.8) is 0 Å². The minimum absolute atomic E-state index is 0.0570. The largest absolute Gasteiger partial charge is 0.494 e. The standard InChI is InChI=1S/C19H22ClNO3/c1-3-23-17-9-7-15(8-10-17)14(2)21-19(22)11-12-24-18-6-4-5-16(20)13-18/h4-10,13-14H,3,11-12H2,1-2H3,(H,21,22). The van der Waals surface area contributed by atoms with Gasteiger partial charge in [0.2, 0.25) is 5.91 Å². The number of halogens is 1. The number of benzene rings is 2. The van der Waals surface area contributed by atoms with Crippen molar-refractivity contribution in [2.75, 3.05) is 13.2 Å². The summed E-state index contributed by atoms with van der Waals surface area (Å²) in [5.74, 6) is 1.43. The average Bonchev–Trinajstić information content (AvgIpc) is 2.56. The molecule has 128 valence electrons. The molecule has 0 fully saturated rings. The molecular formula is C19H22ClNO3. The lowest BCUT2D eigenvalue weighted by Gasteiger charge is -2.15. The van der Waals surface area contributed by atoms with Crippen LogP contribution in [-0.2, 0) is 4.79 Å². The zero-order chi connectivity index (χ0) is 17.4. The van der Waals surface area contributed by atoms with E-state index in [0.717, 1.165) is 11.3 Å². The van der Waals surface area contributed by atoms with Gasteiger partial charge in [0, 0.05) is 5.02 Å². The third kappa shape index (κ3) is 5.78. The Hall–Kier alpha value is -2.20. The smallest absolute Gasteiger partial charge is 0.223 e. The highest BCUT2D eigenvalue weighted by Gasteiger charge is 2.10. The molecule has 2 rings (SSSR count). The van der Waals surface area contributed by atoms with E-state index in [2.05, 4.69) is 5.32 Å². The van der Waals surface area contributed by atoms with E-state index in [4.69, 9.17) is 21.1 Å². The summed E-state index contributed by atoms with van der Waals surface area (Å²) in [6.45, 7) is 4.84. The molecule has 1 amide bonds. The SMILES string of the molecule is CCOc1ccc(C(C)NC(=O)CCOc2cccc(Cl)c2)cc1. The fourth-order valence-electron chi connectivity index (χ4n) is 2.23. The van der Waals surface area contributed by atoms with Gasteiger partial charge in [-0.05, 0) is 49.7 Å². The van der Waals surface area contributed by atoms with Crippen LogP contribution in [0.3, 0.4) is 0 Å². The van der Waals surface area contributed by atoms with Gasteiger partial charge in [0.1, 0.15) is 11.5 Å². The van der Waals surface area contributed by atoms with Gasteiger partial charge in [-0.15, -0.1) is 0 Å². The minimum atomic E-state index is -0.0700. The number of carbonyl (C=O) groups excluding carboxylic acids is 1. The van der Waals surface area contributed by atoms with E-state index in [-0.39, 0.29) is 18.4 Å². The van der Waals surface area contributed by atoms with Crippen molar-refractivity contribution in [3.8, 4) is 11.5 Å². The van der Waals surface area contributed by atoms with Crippen LogP contribution in [0.4, 0.5) is 0 Å². The molecule has 0 saturated carbocycles. The molecule has 0 bridgehead atoms. The summed E-state index contributed by atoms with van der Waals surface area (Å²) >= 11 is 5.89. The summed E-state index contributed by atoms with van der Waals surface area (Å²) in [7, 11) is 0. The van der Waals surface area contributed by atoms with Crippen LogP contribution >= 0.6 is 11.6 Å². The van der Waals surface area contributed by atoms with Gasteiger partial charge in [-0.3, -0.25) is 4.79 Å². The fourth-order valence-corrected chi connectivity index (χ4v) is 2.42. The van der Waals surface area contributed by atoms with Gasteiger partial charge in [0.15, 0.2) is 0 Å². The van der Waals surface area contributed by atoms with Crippen LogP contribution in [0.2, 0.25) is 5.02 Å². The second-order valence-electron chi connectivity index (χ2n) is 5.35. The lowest BCUT2D eigenvalue weighted by atomic mass is 10.1. The number of nitrogens with one attached hydrogen (secondary N) is 1. The lowest BCUT2D eigenvalue weighted by Crippen LogP contribution is -2.27. The number of amides is 1. The summed E-state index contributed by atoms with van der Waals surface area (Å²) in [5, 5.41) is 3.57. The molecule has 4 nitrogen and oxygen atoms in total. The second-order valence-corrected chi connectivity index (χ2v) is 5.78. The van der Waals surface area contributed by atoms with Gasteiger partial charge in [0.25, 0.3) is 0 Å². The molecule has 1 unspecified atom stereocenters. The molecule has 5 heteroatoms. The van der Waals surface area contributed by atoms with Crippen LogP contribution in [-0.4, -0.2) is 19.1 Å². The van der Waals surface area contributed by atoms with Gasteiger partial charge < -0.3 is 14.8 Å². The Labute approximate surface area is 147 Å². The van der Waals surface area contributed by atoms with Crippen molar-refractivity contribution in [3.05, 3.63) is 59.1 Å². The van der Waals surface area contributed by atoms with Crippen molar-refractivity contribution >= 4 is 17.5 Å². The maximum absolute atomic E-state index is 12.0. The van der Waals surface area contributed by atoms with Crippen molar-refractivity contribution in [1.29, 1.82) is 0 Å². The van der Waals surface area contributed by atoms with E-state index in [1.807, 2.05) is 50.2 Å². The summed E-state index contributed by atoms with van der Waals surface area (Å²) in [6.07, 6.45) is 0.286. The van der Waals surface area contributed by atoms with Crippen LogP contribution in [0, 0.1) is 0 Å². The number of ether oxygens (including phenoxy) is 2. The Balaban J connectivity index is 1.76. The van der Waals surface area contributed by atoms with E-state index < -0.39 is 0 Å². The van der Waals surface area contributed by atoms with Gasteiger partial charge in [-0.1, -0.05) is 29.8 Å². The van der Waals surface area contributed by atoms with Crippen molar-refractivity contribution in [2.24, 2.45) is 0 Å². The molecule has 0 heterocycles. The number of hydrogen-bond donors (Lipinski definition) is 1. The highest BCUT2D eigenvalue weighted by atomic mass is 35.5. The molecule has 2 aromatic carbocycles. The highest BCUT2D eigenvalue weighted by Crippen LogP contribution is 2.18. The van der Waals surface area contributed by atoms with Crippen molar-refractivity contribution in [2.45, 2.75) is 26.3 Å². The highest BCUT2D eigenvalue weighted by molar-refractivity contribution is 6.30. The van der Waals surface area contributed by atoms with Crippen LogP contribution in [0.5, 0.6) is 11.5 Å². The first-order valence-corrected chi connectivity index (χ1v) is 8.36. The number of hydrogen-bond acceptors (Lipinski definition) is 3. The van der Waals surface area contributed by atoms with Crippen molar-refractivity contribution < 1.29 is 14.3 Å². The first kappa shape index (κ1) is 18.1. The summed E-state index contributed by atoms with van der Waals surface area (Å²) in [5.41, 5.74) is 1.03. The topological polar surface area (TPSA) is 47.6 Å².